The van der Waals surface area contributed by atoms with E-state index in [1.165, 1.54) is 11.8 Å². The smallest absolute Gasteiger partial charge is 0.250 e. The average molecular weight is 354 g/mol. The van der Waals surface area contributed by atoms with Crippen LogP contribution in [0.1, 0.15) is 15.9 Å². The van der Waals surface area contributed by atoms with Gasteiger partial charge < -0.3 is 5.73 Å². The molecule has 0 unspecified atom stereocenters. The minimum Gasteiger partial charge on any atom is -0.366 e. The third-order valence-corrected chi connectivity index (χ3v) is 4.34. The Morgan fingerprint density at radius 2 is 1.70 bits per heavy atom. The second kappa shape index (κ2) is 7.25. The number of carbonyl (C=O) groups excluding carboxylic acids is 1. The molecule has 2 aromatic carbocycles. The first-order valence-electron chi connectivity index (χ1n) is 8.62. The number of benzene rings is 2. The first-order valence-corrected chi connectivity index (χ1v) is 8.62. The molecule has 0 aliphatic heterocycles. The van der Waals surface area contributed by atoms with Gasteiger partial charge in [0.05, 0.1) is 17.8 Å². The summed E-state index contributed by atoms with van der Waals surface area (Å²) >= 11 is 0. The number of nitrogens with two attached hydrogens (primary N) is 1. The third-order valence-electron chi connectivity index (χ3n) is 4.34. The number of carbonyl (C=O) groups is 1. The number of hydrogen-bond acceptors (Lipinski definition) is 3. The summed E-state index contributed by atoms with van der Waals surface area (Å²) in [6.07, 6.45) is 5.17. The summed E-state index contributed by atoms with van der Waals surface area (Å²) in [5, 5.41) is 4.68. The molecule has 27 heavy (non-hydrogen) atoms. The Morgan fingerprint density at radius 3 is 2.52 bits per heavy atom. The number of amides is 1. The Morgan fingerprint density at radius 1 is 0.889 bits per heavy atom. The van der Waals surface area contributed by atoms with E-state index in [2.05, 4.69) is 22.2 Å². The quantitative estimate of drug-likeness (QED) is 0.593. The number of nitrogens with zero attached hydrogens (tertiary/aromatic N) is 3. The van der Waals surface area contributed by atoms with Gasteiger partial charge in [-0.25, -0.2) is 0 Å². The standard InChI is InChI=1S/C22H18N4O/c23-22(27)20-12-19(13-24-14-20)17-7-4-8-18(11-17)21-9-10-26(25-21)15-16-5-2-1-3-6-16/h1-14H,15H2,(H2,23,27). The van der Waals surface area contributed by atoms with E-state index >= 15 is 0 Å². The van der Waals surface area contributed by atoms with Crippen molar-refractivity contribution in [3.63, 3.8) is 0 Å². The molecule has 0 saturated carbocycles. The van der Waals surface area contributed by atoms with Gasteiger partial charge in [0, 0.05) is 29.7 Å². The average Bonchev–Trinajstić information content (AvgIpc) is 3.17. The van der Waals surface area contributed by atoms with Crippen LogP contribution >= 0.6 is 0 Å². The first kappa shape index (κ1) is 16.7. The van der Waals surface area contributed by atoms with E-state index in [1.807, 2.05) is 59.4 Å². The molecular formula is C22H18N4O. The molecular weight excluding hydrogens is 336 g/mol. The Labute approximate surface area is 157 Å². The lowest BCUT2D eigenvalue weighted by Crippen LogP contribution is -2.11. The monoisotopic (exact) mass is 354 g/mol. The van der Waals surface area contributed by atoms with Crippen molar-refractivity contribution in [1.82, 2.24) is 14.8 Å². The van der Waals surface area contributed by atoms with Crippen LogP contribution in [0.2, 0.25) is 0 Å². The van der Waals surface area contributed by atoms with Gasteiger partial charge in [-0.15, -0.1) is 0 Å². The lowest BCUT2D eigenvalue weighted by atomic mass is 10.0. The maximum absolute atomic E-state index is 11.4. The summed E-state index contributed by atoms with van der Waals surface area (Å²) in [5.74, 6) is -0.486. The molecule has 0 spiro atoms. The molecule has 132 valence electrons. The first-order chi connectivity index (χ1) is 13.2. The van der Waals surface area contributed by atoms with E-state index in [0.29, 0.717) is 5.56 Å². The van der Waals surface area contributed by atoms with Crippen LogP contribution in [0.4, 0.5) is 0 Å². The number of aromatic nitrogens is 3. The molecule has 0 bridgehead atoms. The fourth-order valence-electron chi connectivity index (χ4n) is 2.96. The molecule has 4 aromatic rings. The summed E-state index contributed by atoms with van der Waals surface area (Å²) in [7, 11) is 0. The predicted molar refractivity (Wildman–Crippen MR) is 105 cm³/mol. The lowest BCUT2D eigenvalue weighted by molar-refractivity contribution is 0.1000. The summed E-state index contributed by atoms with van der Waals surface area (Å²) in [6.45, 7) is 0.727. The zero-order valence-electron chi connectivity index (χ0n) is 14.6. The van der Waals surface area contributed by atoms with Crippen molar-refractivity contribution in [3.8, 4) is 22.4 Å². The SMILES string of the molecule is NC(=O)c1cncc(-c2cccc(-c3ccn(Cc4ccccc4)n3)c2)c1. The predicted octanol–water partition coefficient (Wildman–Crippen LogP) is 3.76. The van der Waals surface area contributed by atoms with Crippen molar-refractivity contribution >= 4 is 5.91 Å². The highest BCUT2D eigenvalue weighted by Gasteiger charge is 2.08. The topological polar surface area (TPSA) is 73.8 Å². The summed E-state index contributed by atoms with van der Waals surface area (Å²) in [5.41, 5.74) is 10.7. The summed E-state index contributed by atoms with van der Waals surface area (Å²) < 4.78 is 1.92. The largest absolute Gasteiger partial charge is 0.366 e. The van der Waals surface area contributed by atoms with Crippen LogP contribution in [0, 0.1) is 0 Å². The number of primary amides is 1. The Bertz CT molecular complexity index is 1090. The third kappa shape index (κ3) is 3.77. The van der Waals surface area contributed by atoms with Gasteiger partial charge >= 0.3 is 0 Å². The molecule has 4 rings (SSSR count). The van der Waals surface area contributed by atoms with Gasteiger partial charge in [0.1, 0.15) is 0 Å². The highest BCUT2D eigenvalue weighted by Crippen LogP contribution is 2.25. The molecule has 0 saturated heterocycles. The molecule has 1 amide bonds. The van der Waals surface area contributed by atoms with Gasteiger partial charge in [-0.05, 0) is 29.3 Å². The van der Waals surface area contributed by atoms with Gasteiger partial charge in [-0.2, -0.15) is 5.10 Å². The fraction of sp³-hybridized carbons (Fsp3) is 0.0455. The van der Waals surface area contributed by atoms with Crippen LogP contribution in [0.3, 0.4) is 0 Å². The maximum atomic E-state index is 11.4. The molecule has 0 aliphatic rings. The summed E-state index contributed by atoms with van der Waals surface area (Å²) in [4.78, 5) is 15.5. The number of rotatable bonds is 5. The van der Waals surface area contributed by atoms with Crippen LogP contribution in [-0.4, -0.2) is 20.7 Å². The molecule has 0 fully saturated rings. The van der Waals surface area contributed by atoms with Crippen LogP contribution < -0.4 is 5.73 Å². The van der Waals surface area contributed by atoms with E-state index in [-0.39, 0.29) is 0 Å². The molecule has 2 heterocycles. The number of hydrogen-bond donors (Lipinski definition) is 1. The van der Waals surface area contributed by atoms with Crippen LogP contribution in [0.25, 0.3) is 22.4 Å². The van der Waals surface area contributed by atoms with Crippen molar-refractivity contribution in [2.45, 2.75) is 6.54 Å². The Kier molecular flexibility index (Phi) is 4.49. The molecule has 2 aromatic heterocycles. The molecule has 5 nitrogen and oxygen atoms in total. The van der Waals surface area contributed by atoms with Gasteiger partial charge in [0.25, 0.3) is 0 Å². The number of pyridine rings is 1. The van der Waals surface area contributed by atoms with Gasteiger partial charge in [0.15, 0.2) is 0 Å². The Balaban J connectivity index is 1.61. The summed E-state index contributed by atoms with van der Waals surface area (Å²) in [6, 6.07) is 22.0. The minimum atomic E-state index is -0.486. The van der Waals surface area contributed by atoms with Gasteiger partial charge in [-0.3, -0.25) is 14.5 Å². The van der Waals surface area contributed by atoms with Crippen molar-refractivity contribution in [2.24, 2.45) is 5.73 Å². The molecule has 0 radical (unpaired) electrons. The van der Waals surface area contributed by atoms with E-state index < -0.39 is 5.91 Å². The molecule has 2 N–H and O–H groups in total. The molecule has 5 heteroatoms. The fourth-order valence-corrected chi connectivity index (χ4v) is 2.96. The van der Waals surface area contributed by atoms with E-state index in [9.17, 15) is 4.79 Å². The highest BCUT2D eigenvalue weighted by atomic mass is 16.1. The van der Waals surface area contributed by atoms with E-state index in [4.69, 9.17) is 5.73 Å². The van der Waals surface area contributed by atoms with Crippen LogP contribution in [0.5, 0.6) is 0 Å². The van der Waals surface area contributed by atoms with Gasteiger partial charge in [-0.1, -0.05) is 48.5 Å². The van der Waals surface area contributed by atoms with Crippen molar-refractivity contribution in [3.05, 3.63) is 96.4 Å². The van der Waals surface area contributed by atoms with Crippen LogP contribution in [-0.2, 0) is 6.54 Å². The highest BCUT2D eigenvalue weighted by molar-refractivity contribution is 5.93. The van der Waals surface area contributed by atoms with Crippen molar-refractivity contribution in [1.29, 1.82) is 0 Å². The second-order valence-corrected chi connectivity index (χ2v) is 6.29. The second-order valence-electron chi connectivity index (χ2n) is 6.29. The zero-order chi connectivity index (χ0) is 18.6. The van der Waals surface area contributed by atoms with E-state index in [0.717, 1.165) is 28.9 Å². The lowest BCUT2D eigenvalue weighted by Gasteiger charge is -2.05. The van der Waals surface area contributed by atoms with Gasteiger partial charge in [0.2, 0.25) is 5.91 Å². The van der Waals surface area contributed by atoms with E-state index in [1.54, 1.807) is 12.3 Å². The normalized spacial score (nSPS) is 10.7. The zero-order valence-corrected chi connectivity index (χ0v) is 14.6. The molecule has 0 aliphatic carbocycles. The van der Waals surface area contributed by atoms with Crippen molar-refractivity contribution < 1.29 is 4.79 Å². The molecule has 0 atom stereocenters. The Hall–Kier alpha value is -3.73. The maximum Gasteiger partial charge on any atom is 0.250 e. The van der Waals surface area contributed by atoms with Crippen molar-refractivity contribution in [2.75, 3.05) is 0 Å². The van der Waals surface area contributed by atoms with Crippen LogP contribution in [0.15, 0.2) is 85.3 Å². The minimum absolute atomic E-state index is 0.394.